The minimum absolute atomic E-state index is 0.146. The Hall–Kier alpha value is -3.36. The third-order valence-electron chi connectivity index (χ3n) is 8.53. The van der Waals surface area contributed by atoms with Gasteiger partial charge >= 0.3 is 12.0 Å². The van der Waals surface area contributed by atoms with Crippen molar-refractivity contribution in [3.63, 3.8) is 0 Å². The van der Waals surface area contributed by atoms with E-state index in [1.807, 2.05) is 42.2 Å². The van der Waals surface area contributed by atoms with Gasteiger partial charge in [0.05, 0.1) is 11.7 Å². The predicted molar refractivity (Wildman–Crippen MR) is 144 cm³/mol. The SMILES string of the molecule is CCC1CC(C(=O)O)(C2CCCCC2)CCN1C(=O)C(Cc1ccccc1)NC(=O)NCCc1cnc[nH]1. The number of rotatable bonds is 10. The highest BCUT2D eigenvalue weighted by molar-refractivity contribution is 5.88. The van der Waals surface area contributed by atoms with E-state index >= 15 is 0 Å². The number of carboxylic acids is 1. The zero-order valence-electron chi connectivity index (χ0n) is 22.3. The van der Waals surface area contributed by atoms with Gasteiger partial charge in [0, 0.05) is 43.9 Å². The molecule has 0 bridgehead atoms. The maximum absolute atomic E-state index is 13.9. The number of benzene rings is 1. The molecule has 38 heavy (non-hydrogen) atoms. The number of carbonyl (C=O) groups is 3. The highest BCUT2D eigenvalue weighted by Gasteiger charge is 2.51. The maximum atomic E-state index is 13.9. The lowest BCUT2D eigenvalue weighted by Gasteiger charge is -2.49. The van der Waals surface area contributed by atoms with Crippen LogP contribution < -0.4 is 10.6 Å². The fourth-order valence-electron chi connectivity index (χ4n) is 6.38. The predicted octanol–water partition coefficient (Wildman–Crippen LogP) is 3.92. The Morgan fingerprint density at radius 3 is 2.61 bits per heavy atom. The van der Waals surface area contributed by atoms with E-state index in [0.717, 1.165) is 36.9 Å². The maximum Gasteiger partial charge on any atom is 0.315 e. The quantitative estimate of drug-likeness (QED) is 0.375. The first-order chi connectivity index (χ1) is 18.4. The van der Waals surface area contributed by atoms with Crippen molar-refractivity contribution in [1.82, 2.24) is 25.5 Å². The standard InChI is InChI=1S/C29H41N5O4/c1-2-24-18-29(27(36)37,22-11-7-4-8-12-22)14-16-34(24)26(35)25(17-21-9-5-3-6-10-21)33-28(38)31-15-13-23-19-30-20-32-23/h3,5-6,9-10,19-20,22,24-25H,2,4,7-8,11-18H2,1H3,(H,30,32)(H,36,37)(H2,31,33,38). The van der Waals surface area contributed by atoms with Gasteiger partial charge in [-0.25, -0.2) is 9.78 Å². The lowest BCUT2D eigenvalue weighted by Crippen LogP contribution is -2.59. The molecule has 1 saturated carbocycles. The third kappa shape index (κ3) is 6.55. The van der Waals surface area contributed by atoms with Crippen molar-refractivity contribution in [2.45, 2.75) is 83.2 Å². The van der Waals surface area contributed by atoms with Crippen LogP contribution in [0.4, 0.5) is 4.79 Å². The highest BCUT2D eigenvalue weighted by Crippen LogP contribution is 2.48. The van der Waals surface area contributed by atoms with E-state index in [2.05, 4.69) is 20.6 Å². The number of imidazole rings is 1. The number of amides is 3. The molecular weight excluding hydrogens is 482 g/mol. The van der Waals surface area contributed by atoms with Gasteiger partial charge in [-0.15, -0.1) is 0 Å². The van der Waals surface area contributed by atoms with Crippen molar-refractivity contribution >= 4 is 17.9 Å². The number of likely N-dealkylation sites (tertiary alicyclic amines) is 1. The minimum atomic E-state index is -0.774. The Morgan fingerprint density at radius 1 is 1.18 bits per heavy atom. The van der Waals surface area contributed by atoms with Gasteiger partial charge in [0.1, 0.15) is 6.04 Å². The van der Waals surface area contributed by atoms with Crippen LogP contribution in [0.15, 0.2) is 42.9 Å². The fraction of sp³-hybridized carbons (Fsp3) is 0.586. The monoisotopic (exact) mass is 523 g/mol. The number of aliphatic carboxylic acids is 1. The Morgan fingerprint density at radius 2 is 1.95 bits per heavy atom. The van der Waals surface area contributed by atoms with Crippen molar-refractivity contribution in [2.24, 2.45) is 11.3 Å². The molecule has 4 rings (SSSR count). The van der Waals surface area contributed by atoms with Gasteiger partial charge in [-0.05, 0) is 43.6 Å². The summed E-state index contributed by atoms with van der Waals surface area (Å²) < 4.78 is 0. The molecule has 3 amide bonds. The van der Waals surface area contributed by atoms with Crippen LogP contribution in [0, 0.1) is 11.3 Å². The number of aromatic nitrogens is 2. The van der Waals surface area contributed by atoms with E-state index in [1.165, 1.54) is 6.42 Å². The second-order valence-electron chi connectivity index (χ2n) is 10.8. The average Bonchev–Trinajstić information content (AvgIpc) is 3.46. The van der Waals surface area contributed by atoms with Crippen LogP contribution >= 0.6 is 0 Å². The molecule has 206 valence electrons. The molecule has 2 heterocycles. The molecular formula is C29H41N5O4. The van der Waals surface area contributed by atoms with Gasteiger partial charge in [0.2, 0.25) is 5.91 Å². The van der Waals surface area contributed by atoms with Crippen molar-refractivity contribution in [2.75, 3.05) is 13.1 Å². The lowest BCUT2D eigenvalue weighted by molar-refractivity contribution is -0.163. The van der Waals surface area contributed by atoms with Crippen molar-refractivity contribution in [1.29, 1.82) is 0 Å². The Bertz CT molecular complexity index is 1050. The summed E-state index contributed by atoms with van der Waals surface area (Å²) in [4.78, 5) is 48.2. The van der Waals surface area contributed by atoms with Gasteiger partial charge in [-0.3, -0.25) is 9.59 Å². The minimum Gasteiger partial charge on any atom is -0.481 e. The first-order valence-electron chi connectivity index (χ1n) is 14.0. The average molecular weight is 524 g/mol. The molecule has 1 aromatic heterocycles. The highest BCUT2D eigenvalue weighted by atomic mass is 16.4. The number of hydrogen-bond acceptors (Lipinski definition) is 4. The summed E-state index contributed by atoms with van der Waals surface area (Å²) in [5.41, 5.74) is 1.10. The van der Waals surface area contributed by atoms with Crippen LogP contribution in [0.2, 0.25) is 0 Å². The summed E-state index contributed by atoms with van der Waals surface area (Å²) in [7, 11) is 0. The normalized spacial score (nSPS) is 23.0. The molecule has 1 aliphatic heterocycles. The molecule has 2 aliphatic rings. The smallest absolute Gasteiger partial charge is 0.315 e. The summed E-state index contributed by atoms with van der Waals surface area (Å²) in [6.45, 7) is 2.82. The topological polar surface area (TPSA) is 127 Å². The molecule has 1 aromatic carbocycles. The lowest BCUT2D eigenvalue weighted by atomic mass is 9.62. The van der Waals surface area contributed by atoms with Gasteiger partial charge in [0.15, 0.2) is 0 Å². The molecule has 9 nitrogen and oxygen atoms in total. The van der Waals surface area contributed by atoms with E-state index in [4.69, 9.17) is 0 Å². The number of urea groups is 1. The van der Waals surface area contributed by atoms with Crippen molar-refractivity contribution in [3.05, 3.63) is 54.1 Å². The van der Waals surface area contributed by atoms with E-state index in [0.29, 0.717) is 45.2 Å². The van der Waals surface area contributed by atoms with Gasteiger partial charge in [-0.1, -0.05) is 56.5 Å². The van der Waals surface area contributed by atoms with E-state index < -0.39 is 23.5 Å². The molecule has 1 saturated heterocycles. The Labute approximate surface area is 224 Å². The second-order valence-corrected chi connectivity index (χ2v) is 10.8. The Kier molecular flexibility index (Phi) is 9.42. The molecule has 9 heteroatoms. The third-order valence-corrected chi connectivity index (χ3v) is 8.53. The van der Waals surface area contributed by atoms with Crippen LogP contribution in [0.3, 0.4) is 0 Å². The number of hydrogen-bond donors (Lipinski definition) is 4. The van der Waals surface area contributed by atoms with Crippen molar-refractivity contribution in [3.8, 4) is 0 Å². The van der Waals surface area contributed by atoms with Crippen LogP contribution in [-0.4, -0.2) is 63.1 Å². The van der Waals surface area contributed by atoms with Gasteiger partial charge in [-0.2, -0.15) is 0 Å². The van der Waals surface area contributed by atoms with E-state index in [-0.39, 0.29) is 17.9 Å². The summed E-state index contributed by atoms with van der Waals surface area (Å²) in [5, 5.41) is 16.1. The number of piperidine rings is 1. The van der Waals surface area contributed by atoms with Crippen molar-refractivity contribution < 1.29 is 19.5 Å². The molecule has 0 radical (unpaired) electrons. The van der Waals surface area contributed by atoms with Gasteiger partial charge < -0.3 is 25.6 Å². The molecule has 3 atom stereocenters. The van der Waals surface area contributed by atoms with Crippen LogP contribution in [0.25, 0.3) is 0 Å². The van der Waals surface area contributed by atoms with Crippen LogP contribution in [0.1, 0.15) is 69.5 Å². The molecule has 2 aromatic rings. The summed E-state index contributed by atoms with van der Waals surface area (Å²) in [6, 6.07) is 8.35. The first kappa shape index (κ1) is 27.7. The fourth-order valence-corrected chi connectivity index (χ4v) is 6.38. The number of aromatic amines is 1. The molecule has 4 N–H and O–H groups in total. The van der Waals surface area contributed by atoms with Gasteiger partial charge in [0.25, 0.3) is 0 Å². The zero-order valence-corrected chi connectivity index (χ0v) is 22.3. The Balaban J connectivity index is 1.46. The van der Waals surface area contributed by atoms with E-state index in [9.17, 15) is 19.5 Å². The second kappa shape index (κ2) is 12.9. The zero-order chi connectivity index (χ0) is 27.0. The van der Waals surface area contributed by atoms with Crippen LogP contribution in [0.5, 0.6) is 0 Å². The molecule has 0 spiro atoms. The number of nitrogens with zero attached hydrogens (tertiary/aromatic N) is 2. The summed E-state index contributed by atoms with van der Waals surface area (Å²) >= 11 is 0. The molecule has 1 aliphatic carbocycles. The number of carboxylic acid groups (broad SMARTS) is 1. The summed E-state index contributed by atoms with van der Waals surface area (Å²) in [6.07, 6.45) is 11.1. The summed E-state index contributed by atoms with van der Waals surface area (Å²) in [5.74, 6) is -0.698. The largest absolute Gasteiger partial charge is 0.481 e. The first-order valence-corrected chi connectivity index (χ1v) is 14.0. The number of carbonyl (C=O) groups excluding carboxylic acids is 2. The van der Waals surface area contributed by atoms with E-state index in [1.54, 1.807) is 12.5 Å². The number of H-pyrrole nitrogens is 1. The molecule has 3 unspecified atom stereocenters. The van der Waals surface area contributed by atoms with Crippen LogP contribution in [-0.2, 0) is 22.4 Å². The number of nitrogens with one attached hydrogen (secondary N) is 3. The molecule has 2 fully saturated rings.